The zero-order chi connectivity index (χ0) is 44.2. The molecule has 2 aliphatic heterocycles. The summed E-state index contributed by atoms with van der Waals surface area (Å²) < 4.78 is 111. The van der Waals surface area contributed by atoms with Gasteiger partial charge in [-0.2, -0.15) is 13.2 Å². The molecule has 3 N–H and O–H groups in total. The van der Waals surface area contributed by atoms with Crippen molar-refractivity contribution in [3.05, 3.63) is 42.4 Å². The summed E-state index contributed by atoms with van der Waals surface area (Å²) in [7, 11) is -4.53. The van der Waals surface area contributed by atoms with Gasteiger partial charge in [0.05, 0.1) is 13.2 Å². The van der Waals surface area contributed by atoms with Crippen molar-refractivity contribution >= 4 is 44.6 Å². The summed E-state index contributed by atoms with van der Waals surface area (Å²) >= 11 is 0. The molecule has 20 heteroatoms. The number of rotatable bonds is 10. The highest BCUT2D eigenvalue weighted by atomic mass is 32.2. The fraction of sp³-hybridized carbons (Fsp3) is 0.625. The number of carbonyl (C=O) groups excluding carboxylic acids is 3. The van der Waals surface area contributed by atoms with Gasteiger partial charge < -0.3 is 24.8 Å². The molecule has 7 atom stereocenters. The number of sulfonamides is 1. The van der Waals surface area contributed by atoms with E-state index in [1.807, 2.05) is 4.72 Å². The van der Waals surface area contributed by atoms with Crippen molar-refractivity contribution in [1.82, 2.24) is 24.8 Å². The fourth-order valence-electron chi connectivity index (χ4n) is 8.40. The standard InChI is InChI=1S/C40H50F5N5O9S/c1-6-58-30-16-24-11-14-46-33(27(24)18-28(30)42)59-26-17-29-32(51)47-39(35(53)48-60(56,57)38(21-41)12-13-38)19-25(39)10-8-7-9-22(2)15-23(3)31(34(52)49(29)20-26)50(36(54)55)37(4,5)40(43,44)45/h8,10-11,14,16,18,22-23,25-26,29,31H,6-7,9,12-13,15,17,19-21H2,1-5H3,(H,47,51)(H,48,53)(H,54,55)/t22-,23-,25-,26-,29+,31+,39-/m1/s1. The monoisotopic (exact) mass is 871 g/mol. The van der Waals surface area contributed by atoms with Gasteiger partial charge >= 0.3 is 12.3 Å². The van der Waals surface area contributed by atoms with Crippen LogP contribution in [0.2, 0.25) is 0 Å². The number of fused-ring (bicyclic) bond motifs is 3. The third-order valence-electron chi connectivity index (χ3n) is 12.4. The van der Waals surface area contributed by atoms with Gasteiger partial charge in [-0.3, -0.25) is 24.0 Å². The van der Waals surface area contributed by atoms with Gasteiger partial charge in [0.2, 0.25) is 27.7 Å². The second-order valence-electron chi connectivity index (χ2n) is 17.0. The highest BCUT2D eigenvalue weighted by molar-refractivity contribution is 7.91. The molecule has 2 aliphatic carbocycles. The maximum absolute atomic E-state index is 15.1. The molecule has 60 heavy (non-hydrogen) atoms. The predicted octanol–water partition coefficient (Wildman–Crippen LogP) is 5.65. The van der Waals surface area contributed by atoms with Crippen molar-refractivity contribution in [2.45, 2.75) is 120 Å². The van der Waals surface area contributed by atoms with E-state index in [-0.39, 0.29) is 66.5 Å². The minimum atomic E-state index is -5.15. The van der Waals surface area contributed by atoms with Crippen LogP contribution in [0.4, 0.5) is 26.7 Å². The maximum Gasteiger partial charge on any atom is 0.411 e. The zero-order valence-electron chi connectivity index (χ0n) is 33.9. The van der Waals surface area contributed by atoms with Crippen LogP contribution in [0.15, 0.2) is 36.5 Å². The molecule has 3 heterocycles. The van der Waals surface area contributed by atoms with Crippen LogP contribution in [0.3, 0.4) is 0 Å². The molecule has 330 valence electrons. The SMILES string of the molecule is CCOc1cc2ccnc(O[C@@H]3C[C@H]4C(=O)N[C@]5(C(=O)NS(=O)(=O)C6(CF)CC6)C[C@H]5C=CCC[C@@H](C)C[C@@H](C)[C@H](N(C(=O)O)C(C)(C)C(F)(F)F)C(=O)N4C3)c2cc1F. The van der Waals surface area contributed by atoms with Gasteiger partial charge in [0.15, 0.2) is 11.6 Å². The third-order valence-corrected chi connectivity index (χ3v) is 14.5. The van der Waals surface area contributed by atoms with Crippen LogP contribution in [-0.2, 0) is 24.4 Å². The van der Waals surface area contributed by atoms with E-state index in [4.69, 9.17) is 9.47 Å². The number of aromatic nitrogens is 1. The van der Waals surface area contributed by atoms with Crippen LogP contribution < -0.4 is 19.5 Å². The molecule has 1 aromatic carbocycles. The molecular weight excluding hydrogens is 822 g/mol. The lowest BCUT2D eigenvalue weighted by Crippen LogP contribution is -2.66. The molecule has 0 unspecified atom stereocenters. The number of ether oxygens (including phenoxy) is 2. The lowest BCUT2D eigenvalue weighted by molar-refractivity contribution is -0.222. The van der Waals surface area contributed by atoms with Crippen LogP contribution >= 0.6 is 0 Å². The molecule has 1 saturated heterocycles. The smallest absolute Gasteiger partial charge is 0.411 e. The quantitative estimate of drug-likeness (QED) is 0.199. The van der Waals surface area contributed by atoms with Crippen molar-refractivity contribution < 1.29 is 64.1 Å². The average molecular weight is 872 g/mol. The van der Waals surface area contributed by atoms with Crippen LogP contribution in [0.5, 0.6) is 11.6 Å². The van der Waals surface area contributed by atoms with Gasteiger partial charge in [-0.1, -0.05) is 26.0 Å². The van der Waals surface area contributed by atoms with E-state index in [0.29, 0.717) is 32.1 Å². The van der Waals surface area contributed by atoms with Crippen LogP contribution in [0, 0.1) is 23.6 Å². The first-order valence-electron chi connectivity index (χ1n) is 19.9. The molecule has 4 aliphatic rings. The highest BCUT2D eigenvalue weighted by Gasteiger charge is 2.64. The Hall–Kier alpha value is -4.75. The molecule has 0 spiro atoms. The molecule has 6 rings (SSSR count). The Bertz CT molecular complexity index is 2170. The second kappa shape index (κ2) is 16.3. The molecule has 2 saturated carbocycles. The number of allylic oxidation sites excluding steroid dienone is 1. The Morgan fingerprint density at radius 2 is 1.85 bits per heavy atom. The Balaban J connectivity index is 1.42. The second-order valence-corrected chi connectivity index (χ2v) is 19.1. The molecule has 0 radical (unpaired) electrons. The van der Waals surface area contributed by atoms with Gasteiger partial charge in [-0.25, -0.2) is 27.0 Å². The third kappa shape index (κ3) is 8.31. The van der Waals surface area contributed by atoms with E-state index in [1.54, 1.807) is 32.1 Å². The van der Waals surface area contributed by atoms with Gasteiger partial charge in [0.1, 0.15) is 40.7 Å². The molecular formula is C40H50F5N5O9S. The summed E-state index contributed by atoms with van der Waals surface area (Å²) in [5.74, 6) is -6.17. The number of halogens is 5. The van der Waals surface area contributed by atoms with Crippen molar-refractivity contribution in [3.63, 3.8) is 0 Å². The number of hydrogen-bond donors (Lipinski definition) is 3. The van der Waals surface area contributed by atoms with E-state index in [9.17, 15) is 50.3 Å². The Morgan fingerprint density at radius 1 is 1.15 bits per heavy atom. The first-order valence-corrected chi connectivity index (χ1v) is 21.4. The number of alkyl halides is 4. The Kier molecular flexibility index (Phi) is 12.1. The van der Waals surface area contributed by atoms with E-state index in [2.05, 4.69) is 10.3 Å². The minimum absolute atomic E-state index is 0.0164. The lowest BCUT2D eigenvalue weighted by atomic mass is 9.85. The van der Waals surface area contributed by atoms with Crippen molar-refractivity contribution in [2.24, 2.45) is 17.8 Å². The molecule has 14 nitrogen and oxygen atoms in total. The van der Waals surface area contributed by atoms with Crippen LogP contribution in [0.1, 0.15) is 79.6 Å². The normalized spacial score (nSPS) is 28.4. The number of nitrogens with one attached hydrogen (secondary N) is 2. The summed E-state index contributed by atoms with van der Waals surface area (Å²) in [4.78, 5) is 61.6. The van der Waals surface area contributed by atoms with Gasteiger partial charge in [0, 0.05) is 23.9 Å². The van der Waals surface area contributed by atoms with Crippen LogP contribution in [0.25, 0.3) is 10.8 Å². The zero-order valence-corrected chi connectivity index (χ0v) is 34.7. The maximum atomic E-state index is 15.1. The van der Waals surface area contributed by atoms with Crippen molar-refractivity contribution in [3.8, 4) is 11.6 Å². The summed E-state index contributed by atoms with van der Waals surface area (Å²) in [5, 5.41) is 13.7. The largest absolute Gasteiger partial charge is 0.491 e. The number of hydrogen-bond acceptors (Lipinski definition) is 9. The molecule has 2 aromatic rings. The van der Waals surface area contributed by atoms with Gasteiger partial charge in [0.25, 0.3) is 5.91 Å². The Labute approximate surface area is 344 Å². The molecule has 4 amide bonds. The van der Waals surface area contributed by atoms with Crippen molar-refractivity contribution in [2.75, 3.05) is 19.8 Å². The number of benzene rings is 1. The molecule has 0 bridgehead atoms. The number of nitrogens with zero attached hydrogens (tertiary/aromatic N) is 3. The number of carbonyl (C=O) groups is 4. The van der Waals surface area contributed by atoms with Gasteiger partial charge in [-0.05, 0) is 94.7 Å². The fourth-order valence-corrected chi connectivity index (χ4v) is 9.83. The van der Waals surface area contributed by atoms with E-state index in [1.165, 1.54) is 19.2 Å². The van der Waals surface area contributed by atoms with E-state index >= 15 is 4.39 Å². The molecule has 1 aromatic heterocycles. The summed E-state index contributed by atoms with van der Waals surface area (Å²) in [6, 6.07) is 0.540. The molecule has 3 fully saturated rings. The van der Waals surface area contributed by atoms with Crippen molar-refractivity contribution in [1.29, 1.82) is 0 Å². The average Bonchev–Trinajstić information content (AvgIpc) is 4.06. The highest BCUT2D eigenvalue weighted by Crippen LogP contribution is 2.48. The van der Waals surface area contributed by atoms with E-state index < -0.39 is 105 Å². The summed E-state index contributed by atoms with van der Waals surface area (Å²) in [6.45, 7) is 4.70. The number of amides is 4. The summed E-state index contributed by atoms with van der Waals surface area (Å²) in [5.41, 5.74) is -4.97. The predicted molar refractivity (Wildman–Crippen MR) is 206 cm³/mol. The first kappa shape index (κ1) is 44.8. The first-order chi connectivity index (χ1) is 28.0. The van der Waals surface area contributed by atoms with E-state index in [0.717, 1.165) is 11.0 Å². The number of pyridine rings is 1. The van der Waals surface area contributed by atoms with Gasteiger partial charge in [-0.15, -0.1) is 0 Å². The lowest BCUT2D eigenvalue weighted by Gasteiger charge is -2.45. The number of carboxylic acid groups (broad SMARTS) is 1. The minimum Gasteiger partial charge on any atom is -0.491 e. The topological polar surface area (TPSA) is 185 Å². The van der Waals surface area contributed by atoms with Crippen LogP contribution in [-0.4, -0.2) is 112 Å². The Morgan fingerprint density at radius 3 is 2.47 bits per heavy atom. The summed E-state index contributed by atoms with van der Waals surface area (Å²) in [6.07, 6.45) is -3.10.